The van der Waals surface area contributed by atoms with E-state index in [-0.39, 0.29) is 28.1 Å². The van der Waals surface area contributed by atoms with Crippen LogP contribution in [0.1, 0.15) is 18.4 Å². The van der Waals surface area contributed by atoms with Crippen molar-refractivity contribution in [3.63, 3.8) is 0 Å². The van der Waals surface area contributed by atoms with Crippen LogP contribution in [0, 0.1) is 5.82 Å². The fraction of sp³-hybridized carbons (Fsp3) is 0.368. The van der Waals surface area contributed by atoms with Crippen LogP contribution >= 0.6 is 35.6 Å². The molecular formula is C19H21Cl3FNO2S. The lowest BCUT2D eigenvalue weighted by Crippen LogP contribution is -2.40. The Morgan fingerprint density at radius 3 is 2.26 bits per heavy atom. The summed E-state index contributed by atoms with van der Waals surface area (Å²) in [5, 5.41) is 0.170. The second kappa shape index (κ2) is 9.57. The third-order valence-corrected chi connectivity index (χ3v) is 7.78. The molecule has 1 fully saturated rings. The molecule has 27 heavy (non-hydrogen) atoms. The van der Waals surface area contributed by atoms with E-state index in [2.05, 4.69) is 4.90 Å². The molecule has 148 valence electrons. The van der Waals surface area contributed by atoms with Gasteiger partial charge < -0.3 is 4.90 Å². The molecule has 3 nitrogen and oxygen atoms in total. The molecule has 2 aromatic carbocycles. The summed E-state index contributed by atoms with van der Waals surface area (Å²) in [6, 6.07) is 11.0. The molecule has 0 aliphatic carbocycles. The van der Waals surface area contributed by atoms with Crippen LogP contribution in [0.15, 0.2) is 47.4 Å². The highest BCUT2D eigenvalue weighted by molar-refractivity contribution is 7.92. The lowest BCUT2D eigenvalue weighted by atomic mass is 10.1. The smallest absolute Gasteiger partial charge is 0.182 e. The van der Waals surface area contributed by atoms with Gasteiger partial charge in [-0.2, -0.15) is 0 Å². The van der Waals surface area contributed by atoms with Crippen LogP contribution in [0.5, 0.6) is 0 Å². The number of rotatable bonds is 5. The summed E-state index contributed by atoms with van der Waals surface area (Å²) in [6.07, 6.45) is 1.97. The summed E-state index contributed by atoms with van der Waals surface area (Å²) < 4.78 is 38.7. The van der Waals surface area contributed by atoms with Crippen molar-refractivity contribution in [2.45, 2.75) is 29.4 Å². The van der Waals surface area contributed by atoms with E-state index in [4.69, 9.17) is 23.2 Å². The molecule has 0 N–H and O–H groups in total. The fourth-order valence-corrected chi connectivity index (χ4v) is 5.78. The van der Waals surface area contributed by atoms with Gasteiger partial charge in [0.1, 0.15) is 5.82 Å². The standard InChI is InChI=1S/C19H20Cl2FNO2S.ClH/c20-15-3-6-19(18(21)13-15)26(24,25)17-8-11-23(12-9-17)10-7-14-1-4-16(22)5-2-14;/h1-6,13,17H,7-12H2;1H. The van der Waals surface area contributed by atoms with Crippen LogP contribution in [0.4, 0.5) is 4.39 Å². The molecule has 0 saturated carbocycles. The Kier molecular flexibility index (Phi) is 7.95. The predicted octanol–water partition coefficient (Wildman–Crippen LogP) is 5.04. The predicted molar refractivity (Wildman–Crippen MR) is 110 cm³/mol. The molecule has 0 unspecified atom stereocenters. The van der Waals surface area contributed by atoms with Crippen molar-refractivity contribution in [2.75, 3.05) is 19.6 Å². The van der Waals surface area contributed by atoms with E-state index < -0.39 is 15.1 Å². The van der Waals surface area contributed by atoms with Gasteiger partial charge in [0.15, 0.2) is 9.84 Å². The Hall–Kier alpha value is -0.850. The number of nitrogens with zero attached hydrogens (tertiary/aromatic N) is 1. The molecule has 0 amide bonds. The normalized spacial score (nSPS) is 16.1. The fourth-order valence-electron chi connectivity index (χ4n) is 3.27. The van der Waals surface area contributed by atoms with E-state index in [1.165, 1.54) is 24.3 Å². The van der Waals surface area contributed by atoms with E-state index in [1.807, 2.05) is 0 Å². The summed E-state index contributed by atoms with van der Waals surface area (Å²) >= 11 is 11.9. The van der Waals surface area contributed by atoms with Crippen LogP contribution in [0.25, 0.3) is 0 Å². The van der Waals surface area contributed by atoms with E-state index in [0.717, 1.165) is 31.6 Å². The van der Waals surface area contributed by atoms with Gasteiger partial charge >= 0.3 is 0 Å². The molecule has 8 heteroatoms. The number of sulfone groups is 1. The van der Waals surface area contributed by atoms with E-state index in [1.54, 1.807) is 18.2 Å². The van der Waals surface area contributed by atoms with Gasteiger partial charge in [0.05, 0.1) is 15.2 Å². The molecule has 3 rings (SSSR count). The summed E-state index contributed by atoms with van der Waals surface area (Å²) in [5.74, 6) is -0.236. The maximum Gasteiger partial charge on any atom is 0.182 e. The molecule has 0 bridgehead atoms. The van der Waals surface area contributed by atoms with Gasteiger partial charge in [-0.3, -0.25) is 0 Å². The Morgan fingerprint density at radius 2 is 1.67 bits per heavy atom. The van der Waals surface area contributed by atoms with Gasteiger partial charge in [-0.25, -0.2) is 12.8 Å². The largest absolute Gasteiger partial charge is 0.303 e. The molecule has 0 radical (unpaired) electrons. The van der Waals surface area contributed by atoms with Crippen molar-refractivity contribution < 1.29 is 12.8 Å². The highest BCUT2D eigenvalue weighted by Gasteiger charge is 2.32. The first-order valence-electron chi connectivity index (χ1n) is 8.52. The topological polar surface area (TPSA) is 37.4 Å². The first-order valence-corrected chi connectivity index (χ1v) is 10.8. The number of likely N-dealkylation sites (tertiary alicyclic amines) is 1. The maximum absolute atomic E-state index is 12.9. The van der Waals surface area contributed by atoms with Crippen molar-refractivity contribution in [3.05, 3.63) is 63.9 Å². The molecule has 0 aromatic heterocycles. The lowest BCUT2D eigenvalue weighted by Gasteiger charge is -2.31. The highest BCUT2D eigenvalue weighted by Crippen LogP contribution is 2.31. The summed E-state index contributed by atoms with van der Waals surface area (Å²) in [6.45, 7) is 2.27. The van der Waals surface area contributed by atoms with Crippen LogP contribution in [-0.2, 0) is 16.3 Å². The van der Waals surface area contributed by atoms with E-state index >= 15 is 0 Å². The van der Waals surface area contributed by atoms with Gasteiger partial charge in [-0.05, 0) is 68.2 Å². The summed E-state index contributed by atoms with van der Waals surface area (Å²) in [5.41, 5.74) is 1.08. The van der Waals surface area contributed by atoms with Gasteiger partial charge in [0, 0.05) is 11.6 Å². The second-order valence-electron chi connectivity index (χ2n) is 6.54. The monoisotopic (exact) mass is 451 g/mol. The van der Waals surface area contributed by atoms with Gasteiger partial charge in [0.25, 0.3) is 0 Å². The van der Waals surface area contributed by atoms with Crippen molar-refractivity contribution >= 4 is 45.4 Å². The highest BCUT2D eigenvalue weighted by atomic mass is 35.5. The Balaban J connectivity index is 0.00000261. The van der Waals surface area contributed by atoms with Gasteiger partial charge in [-0.1, -0.05) is 35.3 Å². The minimum absolute atomic E-state index is 0. The molecule has 0 spiro atoms. The number of piperidine rings is 1. The van der Waals surface area contributed by atoms with Crippen molar-refractivity contribution in [1.29, 1.82) is 0 Å². The lowest BCUT2D eigenvalue weighted by molar-refractivity contribution is 0.232. The number of halogens is 4. The zero-order valence-electron chi connectivity index (χ0n) is 14.6. The average molecular weight is 453 g/mol. The molecule has 1 saturated heterocycles. The number of hydrogen-bond donors (Lipinski definition) is 0. The quantitative estimate of drug-likeness (QED) is 0.638. The van der Waals surface area contributed by atoms with E-state index in [0.29, 0.717) is 17.9 Å². The first-order chi connectivity index (χ1) is 12.4. The number of benzene rings is 2. The van der Waals surface area contributed by atoms with Gasteiger partial charge in [0.2, 0.25) is 0 Å². The van der Waals surface area contributed by atoms with Crippen LogP contribution in [0.2, 0.25) is 10.0 Å². The molecule has 1 aliphatic rings. The molecule has 1 heterocycles. The zero-order chi connectivity index (χ0) is 18.7. The molecule has 1 aliphatic heterocycles. The Bertz CT molecular complexity index is 867. The summed E-state index contributed by atoms with van der Waals surface area (Å²) in [4.78, 5) is 2.41. The Labute approximate surface area is 175 Å². The first kappa shape index (κ1) is 22.4. The van der Waals surface area contributed by atoms with Crippen molar-refractivity contribution in [2.24, 2.45) is 0 Å². The minimum atomic E-state index is -3.46. The van der Waals surface area contributed by atoms with E-state index in [9.17, 15) is 12.8 Å². The number of hydrogen-bond acceptors (Lipinski definition) is 3. The maximum atomic E-state index is 12.9. The summed E-state index contributed by atoms with van der Waals surface area (Å²) in [7, 11) is -3.46. The third kappa shape index (κ3) is 5.58. The van der Waals surface area contributed by atoms with Gasteiger partial charge in [-0.15, -0.1) is 12.4 Å². The van der Waals surface area contributed by atoms with Crippen LogP contribution in [-0.4, -0.2) is 38.2 Å². The minimum Gasteiger partial charge on any atom is -0.303 e. The second-order valence-corrected chi connectivity index (χ2v) is 9.58. The zero-order valence-corrected chi connectivity index (χ0v) is 17.7. The van der Waals surface area contributed by atoms with Crippen molar-refractivity contribution in [3.8, 4) is 0 Å². The molecular weight excluding hydrogens is 432 g/mol. The molecule has 0 atom stereocenters. The van der Waals surface area contributed by atoms with Crippen LogP contribution in [0.3, 0.4) is 0 Å². The van der Waals surface area contributed by atoms with Crippen molar-refractivity contribution in [1.82, 2.24) is 4.90 Å². The Morgan fingerprint density at radius 1 is 1.04 bits per heavy atom. The average Bonchev–Trinajstić information content (AvgIpc) is 2.61. The molecule has 2 aromatic rings. The van der Waals surface area contributed by atoms with Crippen LogP contribution < -0.4 is 0 Å². The SMILES string of the molecule is Cl.O=S(=O)(c1ccc(Cl)cc1Cl)C1CCN(CCc2ccc(F)cc2)CC1. The third-order valence-electron chi connectivity index (χ3n) is 4.80.